The number of hydrogen-bond donors (Lipinski definition) is 2. The quantitative estimate of drug-likeness (QED) is 0.220. The number of nitrogens with zero attached hydrogens (tertiary/aromatic N) is 3. The van der Waals surface area contributed by atoms with Crippen LogP contribution in [-0.2, 0) is 0 Å². The van der Waals surface area contributed by atoms with E-state index in [1.165, 1.54) is 42.3 Å². The van der Waals surface area contributed by atoms with Crippen LogP contribution >= 0.6 is 39.3 Å². The number of thioether (sulfide) groups is 1. The van der Waals surface area contributed by atoms with Crippen LogP contribution in [0.4, 0.5) is 14.5 Å². The van der Waals surface area contributed by atoms with Gasteiger partial charge in [-0.2, -0.15) is 13.9 Å². The Balaban J connectivity index is 1.57. The number of para-hydroxylation sites is 1. The van der Waals surface area contributed by atoms with E-state index in [4.69, 9.17) is 16.3 Å². The van der Waals surface area contributed by atoms with Gasteiger partial charge in [-0.05, 0) is 52.3 Å². The predicted molar refractivity (Wildman–Crippen MR) is 145 cm³/mol. The Bertz CT molecular complexity index is 1470. The Hall–Kier alpha value is -3.48. The SMILES string of the molecule is COc1cccc(C(=O)NCC(F)(F)Sc2ccccc2)c1NC(=O)c1cc(Br)nn1-c1ncccc1Cl. The number of ether oxygens (including phenoxy) is 1. The summed E-state index contributed by atoms with van der Waals surface area (Å²) in [5.41, 5.74) is -0.0349. The monoisotopic (exact) mass is 621 g/mol. The van der Waals surface area contributed by atoms with E-state index in [-0.39, 0.29) is 33.5 Å². The molecule has 0 aliphatic rings. The molecule has 2 N–H and O–H groups in total. The van der Waals surface area contributed by atoms with E-state index >= 15 is 0 Å². The van der Waals surface area contributed by atoms with Crippen molar-refractivity contribution in [3.63, 3.8) is 0 Å². The average molecular weight is 623 g/mol. The van der Waals surface area contributed by atoms with Crippen molar-refractivity contribution in [3.8, 4) is 11.6 Å². The summed E-state index contributed by atoms with van der Waals surface area (Å²) < 4.78 is 35.9. The molecule has 0 radical (unpaired) electrons. The van der Waals surface area contributed by atoms with Crippen LogP contribution in [0.3, 0.4) is 0 Å². The summed E-state index contributed by atoms with van der Waals surface area (Å²) in [5.74, 6) is -1.14. The summed E-state index contributed by atoms with van der Waals surface area (Å²) in [5, 5.41) is 6.08. The lowest BCUT2D eigenvalue weighted by molar-refractivity contribution is 0.0810. The van der Waals surface area contributed by atoms with Crippen molar-refractivity contribution in [1.29, 1.82) is 0 Å². The fourth-order valence-corrected chi connectivity index (χ4v) is 4.74. The average Bonchev–Trinajstić information content (AvgIpc) is 3.29. The zero-order valence-corrected chi connectivity index (χ0v) is 22.8. The topological polar surface area (TPSA) is 98.1 Å². The van der Waals surface area contributed by atoms with Crippen molar-refractivity contribution in [2.45, 2.75) is 10.2 Å². The molecule has 0 saturated heterocycles. The first-order chi connectivity index (χ1) is 18.2. The Labute approximate surface area is 233 Å². The molecule has 0 unspecified atom stereocenters. The molecule has 0 aliphatic carbocycles. The van der Waals surface area contributed by atoms with Gasteiger partial charge in [0, 0.05) is 17.2 Å². The number of rotatable bonds is 9. The summed E-state index contributed by atoms with van der Waals surface area (Å²) in [6.07, 6.45) is 1.49. The third-order valence-electron chi connectivity index (χ3n) is 5.05. The van der Waals surface area contributed by atoms with Crippen LogP contribution in [0, 0.1) is 0 Å². The molecule has 38 heavy (non-hydrogen) atoms. The first kappa shape index (κ1) is 27.6. The van der Waals surface area contributed by atoms with Crippen LogP contribution in [0.2, 0.25) is 5.02 Å². The number of carbonyl (C=O) groups excluding carboxylic acids is 2. The molecule has 0 bridgehead atoms. The molecule has 2 heterocycles. The van der Waals surface area contributed by atoms with Gasteiger partial charge in [0.15, 0.2) is 5.82 Å². The van der Waals surface area contributed by atoms with Gasteiger partial charge < -0.3 is 15.4 Å². The van der Waals surface area contributed by atoms with E-state index in [0.717, 1.165) is 0 Å². The fraction of sp³-hybridized carbons (Fsp3) is 0.120. The van der Waals surface area contributed by atoms with Crippen molar-refractivity contribution in [1.82, 2.24) is 20.1 Å². The van der Waals surface area contributed by atoms with Gasteiger partial charge in [0.05, 0.1) is 29.9 Å². The number of pyridine rings is 1. The zero-order chi connectivity index (χ0) is 27.3. The number of anilines is 1. The van der Waals surface area contributed by atoms with Crippen LogP contribution in [0.1, 0.15) is 20.8 Å². The van der Waals surface area contributed by atoms with Gasteiger partial charge >= 0.3 is 5.25 Å². The summed E-state index contributed by atoms with van der Waals surface area (Å²) in [7, 11) is 1.35. The summed E-state index contributed by atoms with van der Waals surface area (Å²) >= 11 is 9.81. The van der Waals surface area contributed by atoms with Crippen LogP contribution < -0.4 is 15.4 Å². The van der Waals surface area contributed by atoms with Crippen molar-refractivity contribution in [3.05, 3.63) is 93.8 Å². The lowest BCUT2D eigenvalue weighted by Crippen LogP contribution is -2.35. The number of benzene rings is 2. The van der Waals surface area contributed by atoms with Gasteiger partial charge in [-0.15, -0.1) is 0 Å². The van der Waals surface area contributed by atoms with Crippen molar-refractivity contribution in [2.24, 2.45) is 0 Å². The minimum atomic E-state index is -3.28. The number of halogens is 4. The number of nitrogens with one attached hydrogen (secondary N) is 2. The molecule has 8 nitrogen and oxygen atoms in total. The second kappa shape index (κ2) is 11.9. The van der Waals surface area contributed by atoms with Crippen LogP contribution in [0.25, 0.3) is 5.82 Å². The number of aromatic nitrogens is 3. The van der Waals surface area contributed by atoms with E-state index in [1.807, 2.05) is 0 Å². The predicted octanol–water partition coefficient (Wildman–Crippen LogP) is 6.06. The largest absolute Gasteiger partial charge is 0.495 e. The second-order valence-corrected chi connectivity index (χ2v) is 10.1. The normalized spacial score (nSPS) is 11.2. The Morgan fingerprint density at radius 1 is 1.11 bits per heavy atom. The van der Waals surface area contributed by atoms with Crippen LogP contribution in [-0.4, -0.2) is 45.5 Å². The van der Waals surface area contributed by atoms with Gasteiger partial charge in [0.25, 0.3) is 11.8 Å². The lowest BCUT2D eigenvalue weighted by Gasteiger charge is -2.18. The van der Waals surface area contributed by atoms with Gasteiger partial charge in [0.1, 0.15) is 16.0 Å². The number of carbonyl (C=O) groups is 2. The third kappa shape index (κ3) is 6.50. The number of amides is 2. The van der Waals surface area contributed by atoms with Gasteiger partial charge in [0.2, 0.25) is 0 Å². The van der Waals surface area contributed by atoms with Crippen molar-refractivity contribution >= 4 is 56.8 Å². The molecule has 0 saturated carbocycles. The Kier molecular flexibility index (Phi) is 8.65. The molecule has 0 fully saturated rings. The zero-order valence-electron chi connectivity index (χ0n) is 19.6. The molecule has 2 aromatic heterocycles. The molecule has 4 rings (SSSR count). The van der Waals surface area contributed by atoms with E-state index in [2.05, 4.69) is 36.6 Å². The van der Waals surface area contributed by atoms with Crippen molar-refractivity contribution < 1.29 is 23.1 Å². The highest BCUT2D eigenvalue weighted by atomic mass is 79.9. The van der Waals surface area contributed by atoms with E-state index < -0.39 is 23.6 Å². The van der Waals surface area contributed by atoms with Crippen molar-refractivity contribution in [2.75, 3.05) is 19.0 Å². The summed E-state index contributed by atoms with van der Waals surface area (Å²) in [6.45, 7) is -0.937. The van der Waals surface area contributed by atoms with E-state index in [0.29, 0.717) is 21.3 Å². The summed E-state index contributed by atoms with van der Waals surface area (Å²) in [6, 6.07) is 17.2. The maximum absolute atomic E-state index is 14.5. The number of alkyl halides is 2. The maximum Gasteiger partial charge on any atom is 0.315 e. The van der Waals surface area contributed by atoms with Crippen LogP contribution in [0.5, 0.6) is 5.75 Å². The highest BCUT2D eigenvalue weighted by molar-refractivity contribution is 9.10. The van der Waals surface area contributed by atoms with E-state index in [9.17, 15) is 18.4 Å². The maximum atomic E-state index is 14.5. The first-order valence-electron chi connectivity index (χ1n) is 10.9. The summed E-state index contributed by atoms with van der Waals surface area (Å²) in [4.78, 5) is 30.8. The molecular formula is C25H19BrClF2N5O3S. The molecule has 0 atom stereocenters. The first-order valence-corrected chi connectivity index (χ1v) is 12.9. The molecule has 196 valence electrons. The van der Waals surface area contributed by atoms with Gasteiger partial charge in [-0.3, -0.25) is 9.59 Å². The molecule has 0 aliphatic heterocycles. The molecule has 2 amide bonds. The van der Waals surface area contributed by atoms with Crippen LogP contribution in [0.15, 0.2) is 82.4 Å². The van der Waals surface area contributed by atoms with Gasteiger partial charge in [-0.25, -0.2) is 9.67 Å². The number of methoxy groups -OCH3 is 1. The Morgan fingerprint density at radius 2 is 1.87 bits per heavy atom. The second-order valence-electron chi connectivity index (χ2n) is 7.65. The molecule has 2 aromatic carbocycles. The molecule has 13 heteroatoms. The Morgan fingerprint density at radius 3 is 2.58 bits per heavy atom. The molecule has 4 aromatic rings. The minimum absolute atomic E-state index is 0.00693. The third-order valence-corrected chi connectivity index (χ3v) is 6.68. The van der Waals surface area contributed by atoms with E-state index in [1.54, 1.807) is 42.5 Å². The lowest BCUT2D eigenvalue weighted by atomic mass is 10.1. The smallest absolute Gasteiger partial charge is 0.315 e. The minimum Gasteiger partial charge on any atom is -0.495 e. The van der Waals surface area contributed by atoms with Gasteiger partial charge in [-0.1, -0.05) is 47.6 Å². The highest BCUT2D eigenvalue weighted by Gasteiger charge is 2.32. The number of hydrogen-bond acceptors (Lipinski definition) is 6. The fourth-order valence-electron chi connectivity index (χ4n) is 3.38. The standard InChI is InChI=1S/C25H19BrClF2N5O3S/c1-37-19-11-5-9-16(23(35)31-14-25(28,29)38-15-7-3-2-4-8-15)21(19)32-24(36)18-13-20(26)33-34(18)22-17(27)10-6-12-30-22/h2-13H,14H2,1H3,(H,31,35)(H,32,36). The molecular weight excluding hydrogens is 604 g/mol. The highest BCUT2D eigenvalue weighted by Crippen LogP contribution is 2.35. The molecule has 0 spiro atoms.